The molecule has 4 nitrogen and oxygen atoms in total. The molecule has 0 heterocycles. The molecule has 3 atom stereocenters. The number of esters is 1. The van der Waals surface area contributed by atoms with E-state index in [1.54, 1.807) is 24.3 Å². The number of amides is 1. The average molecular weight is 380 g/mol. The highest BCUT2D eigenvalue weighted by atomic mass is 79.9. The van der Waals surface area contributed by atoms with Crippen molar-refractivity contribution in [2.24, 2.45) is 16.2 Å². The van der Waals surface area contributed by atoms with Crippen molar-refractivity contribution in [3.63, 3.8) is 0 Å². The summed E-state index contributed by atoms with van der Waals surface area (Å²) in [6, 6.07) is 6.80. The summed E-state index contributed by atoms with van der Waals surface area (Å²) in [6.45, 7) is 6.64. The van der Waals surface area contributed by atoms with E-state index in [1.807, 2.05) is 0 Å². The molecule has 0 unspecified atom stereocenters. The Labute approximate surface area is 145 Å². The van der Waals surface area contributed by atoms with Gasteiger partial charge >= 0.3 is 5.97 Å². The lowest BCUT2D eigenvalue weighted by Gasteiger charge is -2.64. The number of benzene rings is 1. The van der Waals surface area contributed by atoms with Crippen LogP contribution in [0.3, 0.4) is 0 Å². The highest BCUT2D eigenvalue weighted by Crippen LogP contribution is 2.79. The van der Waals surface area contributed by atoms with Gasteiger partial charge in [0.15, 0.2) is 0 Å². The molecule has 3 aliphatic carbocycles. The van der Waals surface area contributed by atoms with Crippen LogP contribution in [0.4, 0.5) is 5.69 Å². The molecule has 124 valence electrons. The molecule has 4 rings (SSSR count). The molecular weight excluding hydrogens is 358 g/mol. The Morgan fingerprint density at radius 3 is 2.22 bits per heavy atom. The molecule has 0 aromatic heterocycles. The molecule has 3 aliphatic rings. The van der Waals surface area contributed by atoms with Crippen LogP contribution in [0, 0.1) is 16.2 Å². The van der Waals surface area contributed by atoms with E-state index in [1.165, 1.54) is 7.11 Å². The molecule has 3 saturated carbocycles. The van der Waals surface area contributed by atoms with Gasteiger partial charge in [-0.25, -0.2) is 4.79 Å². The summed E-state index contributed by atoms with van der Waals surface area (Å²) >= 11 is 3.77. The number of anilines is 1. The standard InChI is InChI=1S/C18H22BrNO3/c1-16(2)17(3)9-10-18(16,14(17)19)15(22)20-12-7-5-11(6-8-12)13(21)23-4/h5-8,14H,9-10H2,1-4H3,(H,20,22)/t14-,17+,18+/m1/s1. The minimum absolute atomic E-state index is 0.0375. The number of carbonyl (C=O) groups excluding carboxylic acids is 2. The SMILES string of the molecule is COC(=O)c1ccc(NC(=O)[C@]23CC[C@@](C)([C@H]2Br)C3(C)C)cc1. The first kappa shape index (κ1) is 16.5. The van der Waals surface area contributed by atoms with Gasteiger partial charge in [0.25, 0.3) is 0 Å². The maximum atomic E-state index is 13.0. The summed E-state index contributed by atoms with van der Waals surface area (Å²) in [5, 5.41) is 3.03. The minimum atomic E-state index is -0.381. The molecule has 0 radical (unpaired) electrons. The topological polar surface area (TPSA) is 55.4 Å². The van der Waals surface area contributed by atoms with E-state index >= 15 is 0 Å². The number of alkyl halides is 1. The summed E-state index contributed by atoms with van der Waals surface area (Å²) in [6.07, 6.45) is 1.96. The highest BCUT2D eigenvalue weighted by Gasteiger charge is 2.80. The van der Waals surface area contributed by atoms with Gasteiger partial charge in [0.2, 0.25) is 5.91 Å². The van der Waals surface area contributed by atoms with Crippen LogP contribution in [-0.4, -0.2) is 23.8 Å². The number of nitrogens with one attached hydrogen (secondary N) is 1. The molecule has 1 aromatic rings. The zero-order valence-corrected chi connectivity index (χ0v) is 15.5. The van der Waals surface area contributed by atoms with E-state index in [-0.39, 0.29) is 32.9 Å². The van der Waals surface area contributed by atoms with Crippen molar-refractivity contribution in [1.82, 2.24) is 0 Å². The zero-order valence-electron chi connectivity index (χ0n) is 13.9. The van der Waals surface area contributed by atoms with Crippen molar-refractivity contribution in [3.8, 4) is 0 Å². The van der Waals surface area contributed by atoms with E-state index in [4.69, 9.17) is 0 Å². The Hall–Kier alpha value is -1.36. The van der Waals surface area contributed by atoms with Crippen molar-refractivity contribution in [2.45, 2.75) is 38.4 Å². The van der Waals surface area contributed by atoms with Crippen LogP contribution in [0.1, 0.15) is 44.0 Å². The predicted octanol–water partition coefficient (Wildman–Crippen LogP) is 4.00. The first-order valence-electron chi connectivity index (χ1n) is 7.84. The second-order valence-electron chi connectivity index (χ2n) is 7.40. The molecule has 1 N–H and O–H groups in total. The van der Waals surface area contributed by atoms with Gasteiger partial charge in [0, 0.05) is 10.5 Å². The number of fused-ring (bicyclic) bond motifs is 1. The third-order valence-corrected chi connectivity index (χ3v) is 8.33. The van der Waals surface area contributed by atoms with Crippen LogP contribution in [0.5, 0.6) is 0 Å². The zero-order chi connectivity index (χ0) is 17.0. The fourth-order valence-electron chi connectivity index (χ4n) is 4.51. The summed E-state index contributed by atoms with van der Waals surface area (Å²) in [4.78, 5) is 24.6. The predicted molar refractivity (Wildman–Crippen MR) is 92.7 cm³/mol. The first-order chi connectivity index (χ1) is 10.7. The van der Waals surface area contributed by atoms with Crippen molar-refractivity contribution in [1.29, 1.82) is 0 Å². The Morgan fingerprint density at radius 1 is 1.17 bits per heavy atom. The number of rotatable bonds is 3. The van der Waals surface area contributed by atoms with Crippen LogP contribution in [-0.2, 0) is 9.53 Å². The molecule has 5 heteroatoms. The molecule has 0 spiro atoms. The number of carbonyl (C=O) groups is 2. The van der Waals surface area contributed by atoms with Crippen molar-refractivity contribution in [3.05, 3.63) is 29.8 Å². The average Bonchev–Trinajstić information content (AvgIpc) is 2.94. The first-order valence-corrected chi connectivity index (χ1v) is 8.76. The Morgan fingerprint density at radius 2 is 1.78 bits per heavy atom. The summed E-state index contributed by atoms with van der Waals surface area (Å²) in [7, 11) is 1.35. The van der Waals surface area contributed by atoms with Gasteiger partial charge in [-0.2, -0.15) is 0 Å². The summed E-state index contributed by atoms with van der Waals surface area (Å²) < 4.78 is 4.68. The largest absolute Gasteiger partial charge is 0.465 e. The third-order valence-electron chi connectivity index (χ3n) is 6.54. The van der Waals surface area contributed by atoms with Gasteiger partial charge in [-0.05, 0) is 47.9 Å². The molecule has 23 heavy (non-hydrogen) atoms. The lowest BCUT2D eigenvalue weighted by Crippen LogP contribution is -2.68. The van der Waals surface area contributed by atoms with Crippen molar-refractivity contribution in [2.75, 3.05) is 12.4 Å². The second-order valence-corrected chi connectivity index (χ2v) is 8.32. The number of hydrogen-bond acceptors (Lipinski definition) is 3. The molecule has 1 aromatic carbocycles. The van der Waals surface area contributed by atoms with Gasteiger partial charge in [-0.3, -0.25) is 4.79 Å². The van der Waals surface area contributed by atoms with Crippen LogP contribution in [0.25, 0.3) is 0 Å². The van der Waals surface area contributed by atoms with Crippen LogP contribution in [0.15, 0.2) is 24.3 Å². The third kappa shape index (κ3) is 1.89. The van der Waals surface area contributed by atoms with E-state index in [0.717, 1.165) is 12.8 Å². The quantitative estimate of drug-likeness (QED) is 0.637. The number of hydrogen-bond donors (Lipinski definition) is 1. The van der Waals surface area contributed by atoms with E-state index < -0.39 is 0 Å². The van der Waals surface area contributed by atoms with Gasteiger partial charge in [-0.15, -0.1) is 0 Å². The summed E-state index contributed by atoms with van der Waals surface area (Å²) in [5.74, 6) is -0.321. The fourth-order valence-corrected chi connectivity index (χ4v) is 6.32. The van der Waals surface area contributed by atoms with Crippen molar-refractivity contribution >= 4 is 33.5 Å². The number of ether oxygens (including phenoxy) is 1. The van der Waals surface area contributed by atoms with Gasteiger partial charge in [-0.1, -0.05) is 36.7 Å². The molecule has 0 aliphatic heterocycles. The van der Waals surface area contributed by atoms with E-state index in [2.05, 4.69) is 46.8 Å². The molecular formula is C18H22BrNO3. The Balaban J connectivity index is 1.79. The maximum Gasteiger partial charge on any atom is 0.337 e. The second kappa shape index (κ2) is 5.07. The van der Waals surface area contributed by atoms with Gasteiger partial charge in [0.1, 0.15) is 0 Å². The molecule has 0 saturated heterocycles. The van der Waals surface area contributed by atoms with E-state index in [0.29, 0.717) is 11.3 Å². The van der Waals surface area contributed by atoms with Crippen LogP contribution >= 0.6 is 15.9 Å². The lowest BCUT2D eigenvalue weighted by atomic mass is 9.43. The maximum absolute atomic E-state index is 13.0. The normalized spacial score (nSPS) is 33.7. The Bertz CT molecular complexity index is 669. The molecule has 3 fully saturated rings. The smallest absolute Gasteiger partial charge is 0.337 e. The highest BCUT2D eigenvalue weighted by molar-refractivity contribution is 9.09. The van der Waals surface area contributed by atoms with Crippen LogP contribution in [0.2, 0.25) is 0 Å². The van der Waals surface area contributed by atoms with Crippen molar-refractivity contribution < 1.29 is 14.3 Å². The minimum Gasteiger partial charge on any atom is -0.465 e. The molecule has 1 amide bonds. The van der Waals surface area contributed by atoms with Gasteiger partial charge in [0.05, 0.1) is 18.1 Å². The van der Waals surface area contributed by atoms with Gasteiger partial charge < -0.3 is 10.1 Å². The monoisotopic (exact) mass is 379 g/mol. The Kier molecular flexibility index (Phi) is 3.63. The van der Waals surface area contributed by atoms with Crippen LogP contribution < -0.4 is 5.32 Å². The fraction of sp³-hybridized carbons (Fsp3) is 0.556. The summed E-state index contributed by atoms with van der Waals surface area (Å²) in [5.41, 5.74) is 0.930. The molecule has 2 bridgehead atoms. The lowest BCUT2D eigenvalue weighted by molar-refractivity contribution is -0.155. The number of halogens is 1. The van der Waals surface area contributed by atoms with E-state index in [9.17, 15) is 9.59 Å². The number of methoxy groups -OCH3 is 1.